The van der Waals surface area contributed by atoms with Gasteiger partial charge < -0.3 is 9.80 Å². The Bertz CT molecular complexity index is 2440. The van der Waals surface area contributed by atoms with Crippen molar-refractivity contribution in [1.82, 2.24) is 0 Å². The first-order chi connectivity index (χ1) is 24.8. The van der Waals surface area contributed by atoms with E-state index in [1.54, 1.807) is 0 Å². The summed E-state index contributed by atoms with van der Waals surface area (Å²) in [6, 6.07) is 66.3. The SMILES string of the molecule is c1ccc(N(c2ccccc2)c2ccc3c(c2)Cc2cc4c(cc2-3)Cc2cc(N(c3ccccc3)c3ccccc3)c3ccccc3c2-4)cc1. The number of fused-ring (bicyclic) bond motifs is 8. The van der Waals surface area contributed by atoms with Gasteiger partial charge in [-0.3, -0.25) is 0 Å². The quantitative estimate of drug-likeness (QED) is 0.179. The highest BCUT2D eigenvalue weighted by molar-refractivity contribution is 6.09. The molecule has 0 atom stereocenters. The average molecular weight is 639 g/mol. The van der Waals surface area contributed by atoms with Gasteiger partial charge in [-0.25, -0.2) is 0 Å². The van der Waals surface area contributed by atoms with Gasteiger partial charge in [0.05, 0.1) is 5.69 Å². The zero-order valence-corrected chi connectivity index (χ0v) is 27.6. The van der Waals surface area contributed by atoms with E-state index < -0.39 is 0 Å². The molecule has 10 rings (SSSR count). The largest absolute Gasteiger partial charge is 0.310 e. The van der Waals surface area contributed by atoms with Crippen LogP contribution in [0.15, 0.2) is 182 Å². The van der Waals surface area contributed by atoms with Crippen molar-refractivity contribution in [2.45, 2.75) is 12.8 Å². The van der Waals surface area contributed by atoms with Crippen LogP contribution in [0.25, 0.3) is 33.0 Å². The molecule has 2 aliphatic rings. The number of nitrogens with zero attached hydrogens (tertiary/aromatic N) is 2. The van der Waals surface area contributed by atoms with Crippen LogP contribution in [0.1, 0.15) is 22.3 Å². The standard InChI is InChI=1S/C48H34N2/c1-5-15-37(16-6-1)49(38-17-7-2-8-18-38)41-25-26-42-33(29-41)27-34-31-46-35(30-45(34)42)28-36-32-47(43-23-13-14-24-44(43)48(36)46)50(39-19-9-3-10-20-39)40-21-11-4-12-22-40/h1-26,29-32H,27-28H2. The Morgan fingerprint density at radius 3 is 1.36 bits per heavy atom. The monoisotopic (exact) mass is 638 g/mol. The van der Waals surface area contributed by atoms with Crippen molar-refractivity contribution in [2.24, 2.45) is 0 Å². The van der Waals surface area contributed by atoms with E-state index in [1.165, 1.54) is 66.7 Å². The van der Waals surface area contributed by atoms with E-state index in [0.29, 0.717) is 0 Å². The molecular weight excluding hydrogens is 605 g/mol. The van der Waals surface area contributed by atoms with Gasteiger partial charge in [-0.05, 0) is 142 Å². The lowest BCUT2D eigenvalue weighted by Crippen LogP contribution is -2.10. The zero-order chi connectivity index (χ0) is 33.0. The third-order valence-electron chi connectivity index (χ3n) is 10.4. The molecule has 2 nitrogen and oxygen atoms in total. The minimum absolute atomic E-state index is 0.927. The molecule has 0 spiro atoms. The molecule has 0 saturated carbocycles. The normalized spacial score (nSPS) is 12.2. The lowest BCUT2D eigenvalue weighted by atomic mass is 9.94. The Kier molecular flexibility index (Phi) is 6.67. The van der Waals surface area contributed by atoms with Gasteiger partial charge in [0.2, 0.25) is 0 Å². The highest BCUT2D eigenvalue weighted by Gasteiger charge is 2.29. The van der Waals surface area contributed by atoms with Gasteiger partial charge in [-0.2, -0.15) is 0 Å². The van der Waals surface area contributed by atoms with Crippen molar-refractivity contribution in [3.63, 3.8) is 0 Å². The average Bonchev–Trinajstić information content (AvgIpc) is 3.72. The van der Waals surface area contributed by atoms with Crippen LogP contribution in [0.5, 0.6) is 0 Å². The fourth-order valence-electron chi connectivity index (χ4n) is 8.24. The van der Waals surface area contributed by atoms with E-state index in [9.17, 15) is 0 Å². The maximum Gasteiger partial charge on any atom is 0.0543 e. The minimum atomic E-state index is 0.927. The van der Waals surface area contributed by atoms with E-state index in [-0.39, 0.29) is 0 Å². The zero-order valence-electron chi connectivity index (χ0n) is 27.6. The Hall–Kier alpha value is -6.38. The summed E-state index contributed by atoms with van der Waals surface area (Å²) in [5, 5.41) is 2.58. The van der Waals surface area contributed by atoms with E-state index in [2.05, 4.69) is 192 Å². The highest BCUT2D eigenvalue weighted by Crippen LogP contribution is 2.51. The number of benzene rings is 8. The topological polar surface area (TPSA) is 6.48 Å². The van der Waals surface area contributed by atoms with Crippen molar-refractivity contribution in [3.8, 4) is 22.3 Å². The predicted molar refractivity (Wildman–Crippen MR) is 210 cm³/mol. The van der Waals surface area contributed by atoms with Crippen LogP contribution in [0, 0.1) is 0 Å². The summed E-state index contributed by atoms with van der Waals surface area (Å²) in [7, 11) is 0. The molecule has 2 heteroatoms. The summed E-state index contributed by atoms with van der Waals surface area (Å²) in [5.74, 6) is 0. The first kappa shape index (κ1) is 28.6. The van der Waals surface area contributed by atoms with Crippen LogP contribution in [0.2, 0.25) is 0 Å². The lowest BCUT2D eigenvalue weighted by molar-refractivity contribution is 1.22. The van der Waals surface area contributed by atoms with E-state index in [4.69, 9.17) is 0 Å². The third-order valence-corrected chi connectivity index (χ3v) is 10.4. The molecule has 8 aromatic rings. The van der Waals surface area contributed by atoms with Gasteiger partial charge in [-0.1, -0.05) is 103 Å². The summed E-state index contributed by atoms with van der Waals surface area (Å²) in [6.45, 7) is 0. The summed E-state index contributed by atoms with van der Waals surface area (Å²) in [6.07, 6.45) is 1.86. The second-order valence-corrected chi connectivity index (χ2v) is 13.3. The van der Waals surface area contributed by atoms with Crippen LogP contribution < -0.4 is 9.80 Å². The van der Waals surface area contributed by atoms with E-state index >= 15 is 0 Å². The van der Waals surface area contributed by atoms with Crippen molar-refractivity contribution in [1.29, 1.82) is 0 Å². The maximum atomic E-state index is 2.50. The van der Waals surface area contributed by atoms with Crippen LogP contribution in [0.3, 0.4) is 0 Å². The van der Waals surface area contributed by atoms with Crippen LogP contribution in [0.4, 0.5) is 34.1 Å². The Balaban J connectivity index is 1.07. The lowest BCUT2D eigenvalue weighted by Gasteiger charge is -2.28. The molecule has 0 bridgehead atoms. The molecule has 0 unspecified atom stereocenters. The van der Waals surface area contributed by atoms with Crippen LogP contribution >= 0.6 is 0 Å². The van der Waals surface area contributed by atoms with Gasteiger partial charge >= 0.3 is 0 Å². The number of para-hydroxylation sites is 4. The first-order valence-electron chi connectivity index (χ1n) is 17.4. The summed E-state index contributed by atoms with van der Waals surface area (Å²) < 4.78 is 0. The predicted octanol–water partition coefficient (Wildman–Crippen LogP) is 12.9. The molecule has 2 aliphatic carbocycles. The molecular formula is C48H34N2. The number of hydrogen-bond acceptors (Lipinski definition) is 2. The van der Waals surface area contributed by atoms with Crippen molar-refractivity contribution in [3.05, 3.63) is 204 Å². The van der Waals surface area contributed by atoms with Gasteiger partial charge in [0.1, 0.15) is 0 Å². The molecule has 50 heavy (non-hydrogen) atoms. The summed E-state index contributed by atoms with van der Waals surface area (Å²) in [5.41, 5.74) is 18.2. The van der Waals surface area contributed by atoms with Crippen molar-refractivity contribution >= 4 is 44.9 Å². The van der Waals surface area contributed by atoms with Gasteiger partial charge in [0.25, 0.3) is 0 Å². The van der Waals surface area contributed by atoms with Gasteiger partial charge in [0.15, 0.2) is 0 Å². The minimum Gasteiger partial charge on any atom is -0.310 e. The maximum absolute atomic E-state index is 2.50. The number of rotatable bonds is 6. The number of hydrogen-bond donors (Lipinski definition) is 0. The smallest absolute Gasteiger partial charge is 0.0543 e. The molecule has 0 heterocycles. The fraction of sp³-hybridized carbons (Fsp3) is 0.0417. The summed E-state index contributed by atoms with van der Waals surface area (Å²) >= 11 is 0. The van der Waals surface area contributed by atoms with Crippen molar-refractivity contribution in [2.75, 3.05) is 9.80 Å². The molecule has 0 aromatic heterocycles. The first-order valence-corrected chi connectivity index (χ1v) is 17.4. The van der Waals surface area contributed by atoms with Gasteiger partial charge in [0, 0.05) is 33.8 Å². The number of anilines is 6. The van der Waals surface area contributed by atoms with Crippen LogP contribution in [-0.4, -0.2) is 0 Å². The highest BCUT2D eigenvalue weighted by atomic mass is 15.1. The van der Waals surface area contributed by atoms with E-state index in [0.717, 1.165) is 35.6 Å². The molecule has 8 aromatic carbocycles. The van der Waals surface area contributed by atoms with Crippen LogP contribution in [-0.2, 0) is 12.8 Å². The Morgan fingerprint density at radius 2 is 0.760 bits per heavy atom. The van der Waals surface area contributed by atoms with Gasteiger partial charge in [-0.15, -0.1) is 0 Å². The second-order valence-electron chi connectivity index (χ2n) is 13.3. The van der Waals surface area contributed by atoms with E-state index in [1.807, 2.05) is 0 Å². The molecule has 0 saturated heterocycles. The van der Waals surface area contributed by atoms with Crippen molar-refractivity contribution < 1.29 is 0 Å². The molecule has 0 aliphatic heterocycles. The Labute approximate surface area is 293 Å². The molecule has 0 radical (unpaired) electrons. The molecule has 236 valence electrons. The molecule has 0 fully saturated rings. The fourth-order valence-corrected chi connectivity index (χ4v) is 8.24. The second kappa shape index (κ2) is 11.6. The Morgan fingerprint density at radius 1 is 0.300 bits per heavy atom. The molecule has 0 N–H and O–H groups in total. The summed E-state index contributed by atoms with van der Waals surface area (Å²) in [4.78, 5) is 4.77. The molecule has 0 amide bonds. The third kappa shape index (κ3) is 4.64.